The molecule has 0 atom stereocenters. The second-order valence-electron chi connectivity index (χ2n) is 3.62. The van der Waals surface area contributed by atoms with Crippen molar-refractivity contribution in [2.45, 2.75) is 11.7 Å². The average Bonchev–Trinajstić information content (AvgIpc) is 2.02. The summed E-state index contributed by atoms with van der Waals surface area (Å²) >= 11 is 1.88. The molecule has 0 aliphatic carbocycles. The Balaban J connectivity index is 2.29. The Morgan fingerprint density at radius 2 is 2.00 bits per heavy atom. The van der Waals surface area contributed by atoms with Crippen LogP contribution in [0.1, 0.15) is 17.0 Å². The van der Waals surface area contributed by atoms with Crippen molar-refractivity contribution in [2.24, 2.45) is 0 Å². The monoisotopic (exact) mass is 262 g/mol. The van der Waals surface area contributed by atoms with Gasteiger partial charge in [-0.15, -0.1) is 0 Å². The predicted octanol–water partition coefficient (Wildman–Crippen LogP) is 2.59. The summed E-state index contributed by atoms with van der Waals surface area (Å²) in [6, 6.07) is 7.65. The summed E-state index contributed by atoms with van der Waals surface area (Å²) in [5.74, 6) is 2.61. The fourth-order valence-corrected chi connectivity index (χ4v) is 3.48. The van der Waals surface area contributed by atoms with E-state index in [0.717, 1.165) is 22.6 Å². The summed E-state index contributed by atoms with van der Waals surface area (Å²) in [4.78, 5) is 0. The summed E-state index contributed by atoms with van der Waals surface area (Å²) in [6.45, 7) is 0. The number of benzene rings is 1. The Kier molecular flexibility index (Phi) is 3.28. The molecule has 15 heavy (non-hydrogen) atoms. The van der Waals surface area contributed by atoms with Crippen LogP contribution < -0.4 is 0 Å². The van der Waals surface area contributed by atoms with E-state index in [1.165, 1.54) is 0 Å². The summed E-state index contributed by atoms with van der Waals surface area (Å²) in [5.41, 5.74) is 1.98. The van der Waals surface area contributed by atoms with Crippen LogP contribution in [0, 0.1) is 0 Å². The molecule has 0 aromatic heterocycles. The zero-order chi connectivity index (χ0) is 10.9. The number of rotatable bonds is 3. The molecule has 1 heterocycles. The third-order valence-electron chi connectivity index (χ3n) is 2.46. The van der Waals surface area contributed by atoms with E-state index < -0.39 is 9.05 Å². The maximum Gasteiger partial charge on any atom is 0.236 e. The molecule has 0 N–H and O–H groups in total. The van der Waals surface area contributed by atoms with Crippen molar-refractivity contribution >= 4 is 31.5 Å². The van der Waals surface area contributed by atoms with Crippen molar-refractivity contribution in [3.8, 4) is 0 Å². The molecular weight excluding hydrogens is 252 g/mol. The van der Waals surface area contributed by atoms with Crippen LogP contribution in [0.4, 0.5) is 0 Å². The molecule has 0 unspecified atom stereocenters. The summed E-state index contributed by atoms with van der Waals surface area (Å²) in [7, 11) is 1.82. The van der Waals surface area contributed by atoms with Crippen LogP contribution in [0.3, 0.4) is 0 Å². The highest BCUT2D eigenvalue weighted by molar-refractivity contribution is 8.13. The SMILES string of the molecule is O=S(=O)(Cl)Cc1ccccc1C1CSC1. The maximum atomic E-state index is 11.0. The van der Waals surface area contributed by atoms with Crippen LogP contribution in [0.25, 0.3) is 0 Å². The quantitative estimate of drug-likeness (QED) is 0.786. The Morgan fingerprint density at radius 1 is 1.33 bits per heavy atom. The van der Waals surface area contributed by atoms with Gasteiger partial charge in [-0.3, -0.25) is 0 Å². The van der Waals surface area contributed by atoms with Crippen molar-refractivity contribution in [3.63, 3.8) is 0 Å². The number of halogens is 1. The molecule has 5 heteroatoms. The minimum absolute atomic E-state index is 0.0636. The first-order chi connectivity index (χ1) is 7.06. The smallest absolute Gasteiger partial charge is 0.212 e. The van der Waals surface area contributed by atoms with Crippen molar-refractivity contribution < 1.29 is 8.42 Å². The number of thioether (sulfide) groups is 1. The molecule has 1 fully saturated rings. The maximum absolute atomic E-state index is 11.0. The molecule has 0 saturated carbocycles. The zero-order valence-electron chi connectivity index (χ0n) is 8.02. The predicted molar refractivity (Wildman–Crippen MR) is 65.0 cm³/mol. The van der Waals surface area contributed by atoms with Gasteiger partial charge in [0.15, 0.2) is 0 Å². The van der Waals surface area contributed by atoms with Crippen molar-refractivity contribution in [3.05, 3.63) is 35.4 Å². The van der Waals surface area contributed by atoms with Gasteiger partial charge in [0, 0.05) is 28.1 Å². The molecule has 0 radical (unpaired) electrons. The standard InChI is InChI=1S/C10H11ClO2S2/c11-15(12,13)7-8-3-1-2-4-10(8)9-5-14-6-9/h1-4,9H,5-7H2. The van der Waals surface area contributed by atoms with E-state index >= 15 is 0 Å². The molecule has 1 aliphatic heterocycles. The van der Waals surface area contributed by atoms with Crippen LogP contribution in [-0.2, 0) is 14.8 Å². The highest BCUT2D eigenvalue weighted by atomic mass is 35.7. The summed E-state index contributed by atoms with van der Waals surface area (Å²) in [5, 5.41) is 0. The first kappa shape index (κ1) is 11.3. The molecule has 82 valence electrons. The van der Waals surface area contributed by atoms with E-state index in [4.69, 9.17) is 10.7 Å². The summed E-state index contributed by atoms with van der Waals surface area (Å²) < 4.78 is 22.1. The third kappa shape index (κ3) is 2.89. The molecule has 1 aromatic carbocycles. The molecule has 0 spiro atoms. The van der Waals surface area contributed by atoms with Crippen LogP contribution >= 0.6 is 22.4 Å². The number of hydrogen-bond donors (Lipinski definition) is 0. The van der Waals surface area contributed by atoms with Gasteiger partial charge >= 0.3 is 0 Å². The van der Waals surface area contributed by atoms with Crippen molar-refractivity contribution in [1.29, 1.82) is 0 Å². The lowest BCUT2D eigenvalue weighted by Gasteiger charge is -2.27. The van der Waals surface area contributed by atoms with Gasteiger partial charge in [-0.25, -0.2) is 8.42 Å². The lowest BCUT2D eigenvalue weighted by Crippen LogP contribution is -2.17. The van der Waals surface area contributed by atoms with Gasteiger partial charge in [-0.2, -0.15) is 11.8 Å². The Labute approximate surface area is 98.4 Å². The first-order valence-electron chi connectivity index (χ1n) is 4.64. The van der Waals surface area contributed by atoms with Crippen LogP contribution in [0.15, 0.2) is 24.3 Å². The minimum Gasteiger partial charge on any atom is -0.212 e. The first-order valence-corrected chi connectivity index (χ1v) is 8.27. The second kappa shape index (κ2) is 4.36. The molecule has 0 amide bonds. The number of hydrogen-bond acceptors (Lipinski definition) is 3. The third-order valence-corrected chi connectivity index (χ3v) is 4.72. The lowest BCUT2D eigenvalue weighted by molar-refractivity contribution is 0.608. The van der Waals surface area contributed by atoms with Gasteiger partial charge in [0.05, 0.1) is 5.75 Å². The molecule has 1 aromatic rings. The average molecular weight is 263 g/mol. The molecule has 0 bridgehead atoms. The van der Waals surface area contributed by atoms with Gasteiger partial charge in [-0.05, 0) is 11.1 Å². The van der Waals surface area contributed by atoms with E-state index in [1.807, 2.05) is 36.0 Å². The second-order valence-corrected chi connectivity index (χ2v) is 7.47. The minimum atomic E-state index is -3.45. The molecule has 1 saturated heterocycles. The van der Waals surface area contributed by atoms with Gasteiger partial charge in [0.2, 0.25) is 9.05 Å². The topological polar surface area (TPSA) is 34.1 Å². The van der Waals surface area contributed by atoms with Crippen LogP contribution in [0.2, 0.25) is 0 Å². The van der Waals surface area contributed by atoms with Gasteiger partial charge < -0.3 is 0 Å². The molecule has 1 aliphatic rings. The lowest BCUT2D eigenvalue weighted by atomic mass is 9.97. The highest BCUT2D eigenvalue weighted by Crippen LogP contribution is 2.36. The van der Waals surface area contributed by atoms with E-state index in [2.05, 4.69) is 0 Å². The largest absolute Gasteiger partial charge is 0.236 e. The highest BCUT2D eigenvalue weighted by Gasteiger charge is 2.23. The fourth-order valence-electron chi connectivity index (χ4n) is 1.66. The molecule has 2 rings (SSSR count). The van der Waals surface area contributed by atoms with E-state index in [0.29, 0.717) is 5.92 Å². The van der Waals surface area contributed by atoms with Crippen molar-refractivity contribution in [1.82, 2.24) is 0 Å². The molecular formula is C10H11ClO2S2. The molecule has 2 nitrogen and oxygen atoms in total. The normalized spacial score (nSPS) is 17.4. The van der Waals surface area contributed by atoms with E-state index in [-0.39, 0.29) is 5.75 Å². The summed E-state index contributed by atoms with van der Waals surface area (Å²) in [6.07, 6.45) is 0. The zero-order valence-corrected chi connectivity index (χ0v) is 10.4. The van der Waals surface area contributed by atoms with Gasteiger partial charge in [-0.1, -0.05) is 24.3 Å². The van der Waals surface area contributed by atoms with E-state index in [1.54, 1.807) is 0 Å². The van der Waals surface area contributed by atoms with Gasteiger partial charge in [0.25, 0.3) is 0 Å². The Morgan fingerprint density at radius 3 is 2.53 bits per heavy atom. The fraction of sp³-hybridized carbons (Fsp3) is 0.400. The van der Waals surface area contributed by atoms with Crippen LogP contribution in [-0.4, -0.2) is 19.9 Å². The Hall–Kier alpha value is -0.190. The van der Waals surface area contributed by atoms with Gasteiger partial charge in [0.1, 0.15) is 0 Å². The Bertz CT molecular complexity index is 452. The van der Waals surface area contributed by atoms with E-state index in [9.17, 15) is 8.42 Å². The van der Waals surface area contributed by atoms with Crippen LogP contribution in [0.5, 0.6) is 0 Å². The van der Waals surface area contributed by atoms with Crippen molar-refractivity contribution in [2.75, 3.05) is 11.5 Å².